The number of nitrogens with one attached hydrogen (secondary N) is 1. The largest absolute Gasteiger partial charge is 0.489 e. The van der Waals surface area contributed by atoms with E-state index in [1.165, 1.54) is 6.33 Å². The van der Waals surface area contributed by atoms with E-state index in [2.05, 4.69) is 15.4 Å². The molecular weight excluding hydrogens is 428 g/mol. The monoisotopic (exact) mass is 450 g/mol. The van der Waals surface area contributed by atoms with Crippen LogP contribution < -0.4 is 15.8 Å². The lowest BCUT2D eigenvalue weighted by atomic mass is 10.1. The molecule has 0 atom stereocenters. The summed E-state index contributed by atoms with van der Waals surface area (Å²) < 4.78 is 7.67. The summed E-state index contributed by atoms with van der Waals surface area (Å²) in [6, 6.07) is 24.8. The molecule has 8 heteroatoms. The number of nitrogens with two attached hydrogens (primary N) is 1. The molecule has 0 aliphatic heterocycles. The smallest absolute Gasteiger partial charge is 0.251 e. The molecule has 5 rings (SSSR count). The van der Waals surface area contributed by atoms with Crippen molar-refractivity contribution in [3.63, 3.8) is 0 Å². The molecule has 5 aromatic rings. The van der Waals surface area contributed by atoms with Crippen molar-refractivity contribution in [2.75, 3.05) is 12.8 Å². The first kappa shape index (κ1) is 21.1. The average molecular weight is 451 g/mol. The molecule has 0 saturated heterocycles. The van der Waals surface area contributed by atoms with E-state index in [0.29, 0.717) is 35.0 Å². The second-order valence-corrected chi connectivity index (χ2v) is 7.65. The molecule has 0 aliphatic rings. The number of nitrogen functional groups attached to an aromatic ring is 1. The van der Waals surface area contributed by atoms with Crippen LogP contribution in [0.4, 0.5) is 5.82 Å². The maximum absolute atomic E-state index is 11.9. The first-order valence-electron chi connectivity index (χ1n) is 10.7. The Kier molecular flexibility index (Phi) is 5.61. The van der Waals surface area contributed by atoms with E-state index in [0.717, 1.165) is 22.4 Å². The lowest BCUT2D eigenvalue weighted by molar-refractivity contribution is 0.0963. The minimum Gasteiger partial charge on any atom is -0.489 e. The fraction of sp³-hybridized carbons (Fsp3) is 0.0769. The van der Waals surface area contributed by atoms with Crippen molar-refractivity contribution in [2.24, 2.45) is 0 Å². The van der Waals surface area contributed by atoms with Gasteiger partial charge in [0.05, 0.1) is 0 Å². The highest BCUT2D eigenvalue weighted by Crippen LogP contribution is 2.33. The molecular formula is C26H22N6O2. The van der Waals surface area contributed by atoms with Crippen LogP contribution in [-0.2, 0) is 6.61 Å². The summed E-state index contributed by atoms with van der Waals surface area (Å²) >= 11 is 0. The van der Waals surface area contributed by atoms with Gasteiger partial charge >= 0.3 is 0 Å². The third-order valence-corrected chi connectivity index (χ3v) is 5.45. The summed E-state index contributed by atoms with van der Waals surface area (Å²) in [4.78, 5) is 20.9. The number of imidazole rings is 1. The number of carbonyl (C=O) groups excluding carboxylic acids is 1. The number of benzene rings is 3. The fourth-order valence-corrected chi connectivity index (χ4v) is 3.73. The van der Waals surface area contributed by atoms with Crippen molar-refractivity contribution in [1.29, 1.82) is 0 Å². The Morgan fingerprint density at radius 1 is 1.00 bits per heavy atom. The van der Waals surface area contributed by atoms with Crippen LogP contribution in [0.15, 0.2) is 85.2 Å². The topological polar surface area (TPSA) is 107 Å². The zero-order chi connectivity index (χ0) is 23.5. The van der Waals surface area contributed by atoms with Crippen molar-refractivity contribution in [3.05, 3.63) is 96.3 Å². The van der Waals surface area contributed by atoms with Gasteiger partial charge in [0.1, 0.15) is 29.9 Å². The zero-order valence-electron chi connectivity index (χ0n) is 18.5. The van der Waals surface area contributed by atoms with Gasteiger partial charge in [-0.05, 0) is 29.8 Å². The number of nitrogens with zero attached hydrogens (tertiary/aromatic N) is 4. The Labute approximate surface area is 196 Å². The van der Waals surface area contributed by atoms with E-state index in [-0.39, 0.29) is 5.91 Å². The van der Waals surface area contributed by atoms with Gasteiger partial charge in [-0.2, -0.15) is 5.10 Å². The van der Waals surface area contributed by atoms with Gasteiger partial charge in [-0.3, -0.25) is 4.79 Å². The molecule has 34 heavy (non-hydrogen) atoms. The van der Waals surface area contributed by atoms with E-state index >= 15 is 0 Å². The summed E-state index contributed by atoms with van der Waals surface area (Å²) in [5.74, 6) is 1.48. The molecule has 0 unspecified atom stereocenters. The number of anilines is 1. The second-order valence-electron chi connectivity index (χ2n) is 7.65. The van der Waals surface area contributed by atoms with Crippen molar-refractivity contribution >= 4 is 17.2 Å². The minimum atomic E-state index is -0.154. The number of amides is 1. The quantitative estimate of drug-likeness (QED) is 0.405. The van der Waals surface area contributed by atoms with Crippen LogP contribution >= 0.6 is 0 Å². The number of carbonyl (C=O) groups is 1. The van der Waals surface area contributed by atoms with Crippen LogP contribution in [0.1, 0.15) is 15.9 Å². The van der Waals surface area contributed by atoms with Crippen molar-refractivity contribution < 1.29 is 9.53 Å². The molecule has 1 amide bonds. The molecule has 3 N–H and O–H groups in total. The SMILES string of the molecule is CNC(=O)c1ccc(-c2nc(-c3cccc(OCc4ccccc4)c3)c3c(N)ncnn23)cc1. The van der Waals surface area contributed by atoms with Gasteiger partial charge < -0.3 is 15.8 Å². The van der Waals surface area contributed by atoms with Gasteiger partial charge in [-0.25, -0.2) is 14.5 Å². The van der Waals surface area contributed by atoms with Crippen LogP contribution in [0.25, 0.3) is 28.2 Å². The van der Waals surface area contributed by atoms with Crippen LogP contribution in [0.5, 0.6) is 5.75 Å². The van der Waals surface area contributed by atoms with E-state index < -0.39 is 0 Å². The summed E-state index contributed by atoms with van der Waals surface area (Å²) in [5.41, 5.74) is 10.8. The number of hydrogen-bond acceptors (Lipinski definition) is 6. The zero-order valence-corrected chi connectivity index (χ0v) is 18.5. The number of fused-ring (bicyclic) bond motifs is 1. The van der Waals surface area contributed by atoms with Crippen molar-refractivity contribution in [3.8, 4) is 28.4 Å². The number of aromatic nitrogens is 4. The molecule has 0 fully saturated rings. The maximum atomic E-state index is 11.9. The Morgan fingerprint density at radius 3 is 2.56 bits per heavy atom. The standard InChI is InChI=1S/C26H22N6O2/c1-28-26(33)19-12-10-18(11-13-19)25-31-22(23-24(27)29-16-30-32(23)25)20-8-5-9-21(14-20)34-15-17-6-3-2-4-7-17/h2-14,16H,15H2,1H3,(H,28,33)(H2,27,29,30). The van der Waals surface area contributed by atoms with Gasteiger partial charge in [0, 0.05) is 23.7 Å². The predicted molar refractivity (Wildman–Crippen MR) is 130 cm³/mol. The molecule has 2 heterocycles. The van der Waals surface area contributed by atoms with Crippen molar-refractivity contribution in [2.45, 2.75) is 6.61 Å². The van der Waals surface area contributed by atoms with Crippen molar-refractivity contribution in [1.82, 2.24) is 24.9 Å². The molecule has 2 aromatic heterocycles. The van der Waals surface area contributed by atoms with E-state index in [4.69, 9.17) is 15.5 Å². The summed E-state index contributed by atoms with van der Waals surface area (Å²) in [6.07, 6.45) is 1.40. The van der Waals surface area contributed by atoms with Crippen LogP contribution in [-0.4, -0.2) is 32.5 Å². The normalized spacial score (nSPS) is 10.9. The maximum Gasteiger partial charge on any atom is 0.251 e. The lowest BCUT2D eigenvalue weighted by Crippen LogP contribution is -2.17. The van der Waals surface area contributed by atoms with Gasteiger partial charge in [-0.15, -0.1) is 0 Å². The third-order valence-electron chi connectivity index (χ3n) is 5.45. The Balaban J connectivity index is 1.54. The summed E-state index contributed by atoms with van der Waals surface area (Å²) in [6.45, 7) is 0.461. The molecule has 168 valence electrons. The predicted octanol–water partition coefficient (Wildman–Crippen LogP) is 3.98. The molecule has 8 nitrogen and oxygen atoms in total. The van der Waals surface area contributed by atoms with Crippen LogP contribution in [0, 0.1) is 0 Å². The van der Waals surface area contributed by atoms with E-state index in [1.54, 1.807) is 23.7 Å². The molecule has 0 aliphatic carbocycles. The first-order chi connectivity index (χ1) is 16.6. The van der Waals surface area contributed by atoms with Gasteiger partial charge in [0.2, 0.25) is 0 Å². The highest BCUT2D eigenvalue weighted by Gasteiger charge is 2.19. The highest BCUT2D eigenvalue weighted by molar-refractivity contribution is 5.94. The fourth-order valence-electron chi connectivity index (χ4n) is 3.73. The number of hydrogen-bond donors (Lipinski definition) is 2. The third kappa shape index (κ3) is 4.04. The Hall–Kier alpha value is -4.72. The summed E-state index contributed by atoms with van der Waals surface area (Å²) in [5, 5.41) is 7.01. The molecule has 0 spiro atoms. The van der Waals surface area contributed by atoms with Gasteiger partial charge in [0.15, 0.2) is 11.6 Å². The summed E-state index contributed by atoms with van der Waals surface area (Å²) in [7, 11) is 1.60. The Bertz CT molecular complexity index is 1460. The van der Waals surface area contributed by atoms with E-state index in [9.17, 15) is 4.79 Å². The van der Waals surface area contributed by atoms with Crippen LogP contribution in [0.3, 0.4) is 0 Å². The van der Waals surface area contributed by atoms with Gasteiger partial charge in [0.25, 0.3) is 5.91 Å². The minimum absolute atomic E-state index is 0.154. The lowest BCUT2D eigenvalue weighted by Gasteiger charge is -2.08. The molecule has 0 bridgehead atoms. The highest BCUT2D eigenvalue weighted by atomic mass is 16.5. The number of ether oxygens (including phenoxy) is 1. The van der Waals surface area contributed by atoms with Crippen LogP contribution in [0.2, 0.25) is 0 Å². The van der Waals surface area contributed by atoms with E-state index in [1.807, 2.05) is 66.7 Å². The first-order valence-corrected chi connectivity index (χ1v) is 10.7. The number of rotatable bonds is 6. The Morgan fingerprint density at radius 2 is 1.79 bits per heavy atom. The molecule has 3 aromatic carbocycles. The molecule has 0 saturated carbocycles. The average Bonchev–Trinajstić information content (AvgIpc) is 3.29. The van der Waals surface area contributed by atoms with Gasteiger partial charge in [-0.1, -0.05) is 54.6 Å². The second kappa shape index (κ2) is 9.03. The molecule has 0 radical (unpaired) electrons.